The van der Waals surface area contributed by atoms with Crippen molar-refractivity contribution >= 4 is 33.2 Å². The summed E-state index contributed by atoms with van der Waals surface area (Å²) < 4.78 is 28.1. The van der Waals surface area contributed by atoms with E-state index < -0.39 is 10.0 Å². The maximum Gasteiger partial charge on any atom is 0.238 e. The van der Waals surface area contributed by atoms with Gasteiger partial charge in [0.15, 0.2) is 0 Å². The monoisotopic (exact) mass is 309 g/mol. The molecule has 7 heteroatoms. The van der Waals surface area contributed by atoms with Crippen LogP contribution < -0.4 is 9.88 Å². The van der Waals surface area contributed by atoms with E-state index in [0.29, 0.717) is 21.9 Å². The van der Waals surface area contributed by atoms with Gasteiger partial charge in [0.2, 0.25) is 10.0 Å². The van der Waals surface area contributed by atoms with E-state index in [1.807, 2.05) is 0 Å². The summed E-state index contributed by atoms with van der Waals surface area (Å²) >= 11 is 11.1. The summed E-state index contributed by atoms with van der Waals surface area (Å²) in [5.74, 6) is 0.508. The molecule has 1 rings (SSSR count). The number of hydrogen-bond acceptors (Lipinski definition) is 3. The van der Waals surface area contributed by atoms with Crippen LogP contribution in [0.2, 0.25) is 0 Å². The Labute approximate surface area is 116 Å². The van der Waals surface area contributed by atoms with Gasteiger partial charge in [-0.05, 0) is 37.1 Å². The predicted molar refractivity (Wildman–Crippen MR) is 72.6 cm³/mol. The smallest absolute Gasteiger partial charge is 0.238 e. The Balaban J connectivity index is 3.08. The number of rotatable bonds is 4. The molecular weight excluding hydrogens is 297 g/mol. The standard InChI is InChI=1S/C11H13Cl2NO3S/c1-7-3-10(17-6-9(13)5-12)4-8(2)11(7)18(14,15)16/h3-5H,6H2,1-2H3,(H2,14,15,16)/b9-5-. The van der Waals surface area contributed by atoms with Gasteiger partial charge in [0.1, 0.15) is 12.4 Å². The van der Waals surface area contributed by atoms with Crippen LogP contribution in [0.4, 0.5) is 0 Å². The topological polar surface area (TPSA) is 69.4 Å². The molecule has 0 heterocycles. The first kappa shape index (κ1) is 15.3. The number of halogens is 2. The number of nitrogens with two attached hydrogens (primary N) is 1. The summed E-state index contributed by atoms with van der Waals surface area (Å²) in [6.45, 7) is 3.43. The molecule has 0 amide bonds. The fraction of sp³-hybridized carbons (Fsp3) is 0.273. The first-order chi connectivity index (χ1) is 8.25. The number of ether oxygens (including phenoxy) is 1. The van der Waals surface area contributed by atoms with Crippen LogP contribution >= 0.6 is 23.2 Å². The third-order valence-corrected chi connectivity index (χ3v) is 4.02. The van der Waals surface area contributed by atoms with E-state index in [4.69, 9.17) is 33.1 Å². The number of hydrogen-bond donors (Lipinski definition) is 1. The Kier molecular flexibility index (Phi) is 5.04. The van der Waals surface area contributed by atoms with Crippen molar-refractivity contribution in [1.29, 1.82) is 0 Å². The molecule has 1 aromatic carbocycles. The molecule has 100 valence electrons. The third-order valence-electron chi connectivity index (χ3n) is 2.21. The van der Waals surface area contributed by atoms with Gasteiger partial charge in [-0.1, -0.05) is 23.2 Å². The van der Waals surface area contributed by atoms with Crippen molar-refractivity contribution in [3.8, 4) is 5.75 Å². The Bertz CT molecular complexity index is 559. The first-order valence-electron chi connectivity index (χ1n) is 4.97. The second-order valence-electron chi connectivity index (χ2n) is 3.78. The first-order valence-corrected chi connectivity index (χ1v) is 7.33. The van der Waals surface area contributed by atoms with Gasteiger partial charge in [-0.25, -0.2) is 13.6 Å². The minimum absolute atomic E-state index is 0.119. The Hall–Kier alpha value is -0.750. The van der Waals surface area contributed by atoms with Crippen LogP contribution in [0.5, 0.6) is 5.75 Å². The summed E-state index contributed by atoms with van der Waals surface area (Å²) in [7, 11) is -3.73. The molecule has 0 saturated heterocycles. The molecule has 1 aromatic rings. The number of aryl methyl sites for hydroxylation is 2. The molecule has 0 aliphatic carbocycles. The fourth-order valence-electron chi connectivity index (χ4n) is 1.63. The molecule has 0 fully saturated rings. The van der Waals surface area contributed by atoms with Crippen molar-refractivity contribution in [3.63, 3.8) is 0 Å². The van der Waals surface area contributed by atoms with Crippen molar-refractivity contribution < 1.29 is 13.2 Å². The molecule has 0 bridgehead atoms. The Morgan fingerprint density at radius 1 is 1.39 bits per heavy atom. The zero-order valence-electron chi connectivity index (χ0n) is 9.91. The molecule has 0 aliphatic rings. The van der Waals surface area contributed by atoms with E-state index in [1.165, 1.54) is 5.54 Å². The van der Waals surface area contributed by atoms with Crippen LogP contribution in [0.3, 0.4) is 0 Å². The second kappa shape index (κ2) is 5.93. The van der Waals surface area contributed by atoms with Gasteiger partial charge >= 0.3 is 0 Å². The van der Waals surface area contributed by atoms with E-state index in [-0.39, 0.29) is 11.5 Å². The minimum atomic E-state index is -3.73. The highest BCUT2D eigenvalue weighted by Crippen LogP contribution is 2.25. The van der Waals surface area contributed by atoms with Gasteiger partial charge in [-0.3, -0.25) is 0 Å². The van der Waals surface area contributed by atoms with E-state index in [9.17, 15) is 8.42 Å². The highest BCUT2D eigenvalue weighted by Gasteiger charge is 2.16. The lowest BCUT2D eigenvalue weighted by Gasteiger charge is -2.11. The normalized spacial score (nSPS) is 12.6. The highest BCUT2D eigenvalue weighted by atomic mass is 35.5. The molecule has 0 aliphatic heterocycles. The fourth-order valence-corrected chi connectivity index (χ4v) is 2.76. The summed E-state index contributed by atoms with van der Waals surface area (Å²) in [6.07, 6.45) is 0. The molecule has 4 nitrogen and oxygen atoms in total. The molecule has 0 atom stereocenters. The Morgan fingerprint density at radius 3 is 2.28 bits per heavy atom. The average molecular weight is 310 g/mol. The molecule has 0 saturated carbocycles. The third kappa shape index (κ3) is 3.88. The molecular formula is C11H13Cl2NO3S. The Morgan fingerprint density at radius 2 is 1.89 bits per heavy atom. The van der Waals surface area contributed by atoms with E-state index >= 15 is 0 Å². The van der Waals surface area contributed by atoms with E-state index in [2.05, 4.69) is 0 Å². The maximum atomic E-state index is 11.4. The van der Waals surface area contributed by atoms with Crippen LogP contribution in [0.25, 0.3) is 0 Å². The highest BCUT2D eigenvalue weighted by molar-refractivity contribution is 7.89. The van der Waals surface area contributed by atoms with Crippen molar-refractivity contribution in [1.82, 2.24) is 0 Å². The van der Waals surface area contributed by atoms with Gasteiger partial charge in [0.05, 0.1) is 9.93 Å². The number of primary sulfonamides is 1. The zero-order valence-corrected chi connectivity index (χ0v) is 12.2. The van der Waals surface area contributed by atoms with Gasteiger partial charge in [-0.15, -0.1) is 0 Å². The zero-order chi connectivity index (χ0) is 13.9. The summed E-state index contributed by atoms with van der Waals surface area (Å²) in [6, 6.07) is 3.18. The largest absolute Gasteiger partial charge is 0.488 e. The summed E-state index contributed by atoms with van der Waals surface area (Å²) in [4.78, 5) is 0.119. The second-order valence-corrected chi connectivity index (χ2v) is 5.98. The van der Waals surface area contributed by atoms with Crippen molar-refractivity contribution in [2.24, 2.45) is 5.14 Å². The lowest BCUT2D eigenvalue weighted by molar-refractivity contribution is 0.358. The summed E-state index contributed by atoms with van der Waals surface area (Å²) in [5, 5.41) is 5.49. The lowest BCUT2D eigenvalue weighted by Crippen LogP contribution is -2.15. The van der Waals surface area contributed by atoms with E-state index in [1.54, 1.807) is 26.0 Å². The molecule has 0 spiro atoms. The molecule has 0 radical (unpaired) electrons. The van der Waals surface area contributed by atoms with Gasteiger partial charge in [-0.2, -0.15) is 0 Å². The SMILES string of the molecule is Cc1cc(OC/C(Cl)=C/Cl)cc(C)c1S(N)(=O)=O. The summed E-state index contributed by atoms with van der Waals surface area (Å²) in [5.41, 5.74) is 2.26. The van der Waals surface area contributed by atoms with Crippen molar-refractivity contribution in [2.45, 2.75) is 18.7 Å². The van der Waals surface area contributed by atoms with Gasteiger partial charge < -0.3 is 4.74 Å². The van der Waals surface area contributed by atoms with Crippen molar-refractivity contribution in [3.05, 3.63) is 33.8 Å². The van der Waals surface area contributed by atoms with Crippen LogP contribution in [0.1, 0.15) is 11.1 Å². The minimum Gasteiger partial charge on any atom is -0.488 e. The number of benzene rings is 1. The molecule has 0 unspecified atom stereocenters. The quantitative estimate of drug-likeness (QED) is 0.929. The molecule has 18 heavy (non-hydrogen) atoms. The predicted octanol–water partition coefficient (Wildman–Crippen LogP) is 2.65. The van der Waals surface area contributed by atoms with Crippen LogP contribution in [-0.4, -0.2) is 15.0 Å². The van der Waals surface area contributed by atoms with Crippen molar-refractivity contribution in [2.75, 3.05) is 6.61 Å². The van der Waals surface area contributed by atoms with Crippen LogP contribution in [0, 0.1) is 13.8 Å². The van der Waals surface area contributed by atoms with Gasteiger partial charge in [0, 0.05) is 5.54 Å². The molecule has 2 N–H and O–H groups in total. The number of sulfonamides is 1. The van der Waals surface area contributed by atoms with Crippen LogP contribution in [-0.2, 0) is 10.0 Å². The average Bonchev–Trinajstić information content (AvgIpc) is 2.22. The van der Waals surface area contributed by atoms with Gasteiger partial charge in [0.25, 0.3) is 0 Å². The van der Waals surface area contributed by atoms with Crippen LogP contribution in [0.15, 0.2) is 27.6 Å². The molecule has 0 aromatic heterocycles. The lowest BCUT2D eigenvalue weighted by atomic mass is 10.1. The maximum absolute atomic E-state index is 11.4. The van der Waals surface area contributed by atoms with E-state index in [0.717, 1.165) is 0 Å².